The van der Waals surface area contributed by atoms with Crippen molar-refractivity contribution < 1.29 is 5.11 Å². The first-order valence-corrected chi connectivity index (χ1v) is 6.48. The zero-order chi connectivity index (χ0) is 12.9. The van der Waals surface area contributed by atoms with E-state index in [0.29, 0.717) is 12.6 Å². The predicted octanol–water partition coefficient (Wildman–Crippen LogP) is 3.13. The van der Waals surface area contributed by atoms with E-state index >= 15 is 0 Å². The molecule has 2 unspecified atom stereocenters. The molecule has 2 N–H and O–H groups in total. The maximum absolute atomic E-state index is 10.2. The Balaban J connectivity index is 2.60. The van der Waals surface area contributed by atoms with E-state index in [1.54, 1.807) is 0 Å². The second-order valence-corrected chi connectivity index (χ2v) is 5.26. The summed E-state index contributed by atoms with van der Waals surface area (Å²) in [6, 6.07) is 10.7. The maximum atomic E-state index is 10.2. The van der Waals surface area contributed by atoms with E-state index in [-0.39, 0.29) is 5.92 Å². The van der Waals surface area contributed by atoms with Crippen LogP contribution in [0.5, 0.6) is 0 Å². The molecule has 17 heavy (non-hydrogen) atoms. The Labute approximate surface area is 105 Å². The lowest BCUT2D eigenvalue weighted by Gasteiger charge is -2.30. The molecular weight excluding hydrogens is 210 g/mol. The van der Waals surface area contributed by atoms with E-state index in [9.17, 15) is 5.11 Å². The van der Waals surface area contributed by atoms with Gasteiger partial charge < -0.3 is 10.4 Å². The van der Waals surface area contributed by atoms with Gasteiger partial charge in [0.05, 0.1) is 5.60 Å². The summed E-state index contributed by atoms with van der Waals surface area (Å²) in [7, 11) is 0. The Hall–Kier alpha value is -0.860. The van der Waals surface area contributed by atoms with Crippen molar-refractivity contribution in [3.63, 3.8) is 0 Å². The number of aliphatic hydroxyl groups is 1. The van der Waals surface area contributed by atoms with Crippen LogP contribution in [0, 0.1) is 5.92 Å². The normalized spacial score (nSPS) is 16.8. The van der Waals surface area contributed by atoms with Gasteiger partial charge in [0.25, 0.3) is 0 Å². The summed E-state index contributed by atoms with van der Waals surface area (Å²) < 4.78 is 0. The molecule has 2 nitrogen and oxygen atoms in total. The van der Waals surface area contributed by atoms with Gasteiger partial charge >= 0.3 is 0 Å². The van der Waals surface area contributed by atoms with Crippen LogP contribution in [0.1, 0.15) is 45.7 Å². The maximum Gasteiger partial charge on any atom is 0.0766 e. The molecule has 0 spiro atoms. The van der Waals surface area contributed by atoms with Gasteiger partial charge in [0, 0.05) is 12.6 Å². The van der Waals surface area contributed by atoms with E-state index in [2.05, 4.69) is 36.5 Å². The number of nitrogens with one attached hydrogen (secondary N) is 1. The fourth-order valence-electron chi connectivity index (χ4n) is 1.72. The molecule has 0 fully saturated rings. The lowest BCUT2D eigenvalue weighted by molar-refractivity contribution is 0.0116. The molecule has 96 valence electrons. The van der Waals surface area contributed by atoms with Crippen LogP contribution in [0.15, 0.2) is 30.3 Å². The predicted molar refractivity (Wildman–Crippen MR) is 72.9 cm³/mol. The average molecular weight is 235 g/mol. The van der Waals surface area contributed by atoms with Crippen LogP contribution in [0.25, 0.3) is 0 Å². The molecule has 0 bridgehead atoms. The average Bonchev–Trinajstić information content (AvgIpc) is 2.31. The lowest BCUT2D eigenvalue weighted by atomic mass is 9.92. The molecule has 1 rings (SSSR count). The van der Waals surface area contributed by atoms with Crippen LogP contribution in [-0.2, 0) is 0 Å². The number of hydrogen-bond donors (Lipinski definition) is 2. The molecule has 0 amide bonds. The molecule has 1 aromatic carbocycles. The van der Waals surface area contributed by atoms with Crippen LogP contribution >= 0.6 is 0 Å². The van der Waals surface area contributed by atoms with Gasteiger partial charge in [-0.15, -0.1) is 0 Å². The standard InChI is InChI=1S/C15H25NO/c1-5-14(13-9-7-6-8-10-13)16-11-15(4,17)12(2)3/h6-10,12,14,16-17H,5,11H2,1-4H3. The molecular formula is C15H25NO. The summed E-state index contributed by atoms with van der Waals surface area (Å²) in [5.74, 6) is 0.253. The number of benzene rings is 1. The summed E-state index contributed by atoms with van der Waals surface area (Å²) in [5, 5.41) is 13.7. The van der Waals surface area contributed by atoms with Gasteiger partial charge in [-0.05, 0) is 24.8 Å². The summed E-state index contributed by atoms with van der Waals surface area (Å²) >= 11 is 0. The second kappa shape index (κ2) is 6.18. The van der Waals surface area contributed by atoms with Gasteiger partial charge in [-0.25, -0.2) is 0 Å². The third-order valence-electron chi connectivity index (χ3n) is 3.56. The van der Waals surface area contributed by atoms with Crippen LogP contribution in [0.2, 0.25) is 0 Å². The van der Waals surface area contributed by atoms with Crippen molar-refractivity contribution in [3.8, 4) is 0 Å². The fraction of sp³-hybridized carbons (Fsp3) is 0.600. The quantitative estimate of drug-likeness (QED) is 0.794. The van der Waals surface area contributed by atoms with E-state index in [1.807, 2.05) is 26.8 Å². The van der Waals surface area contributed by atoms with Gasteiger partial charge in [0.2, 0.25) is 0 Å². The number of hydrogen-bond acceptors (Lipinski definition) is 2. The van der Waals surface area contributed by atoms with Crippen LogP contribution in [0.4, 0.5) is 0 Å². The first kappa shape index (κ1) is 14.2. The van der Waals surface area contributed by atoms with Crippen molar-refractivity contribution >= 4 is 0 Å². The summed E-state index contributed by atoms with van der Waals surface area (Å²) in [6.07, 6.45) is 1.03. The molecule has 0 aliphatic rings. The van der Waals surface area contributed by atoms with Crippen LogP contribution < -0.4 is 5.32 Å². The molecule has 2 atom stereocenters. The van der Waals surface area contributed by atoms with Crippen molar-refractivity contribution in [3.05, 3.63) is 35.9 Å². The molecule has 0 saturated heterocycles. The SMILES string of the molecule is CCC(NCC(C)(O)C(C)C)c1ccccc1. The van der Waals surface area contributed by atoms with E-state index in [0.717, 1.165) is 6.42 Å². The third kappa shape index (κ3) is 4.14. The molecule has 0 radical (unpaired) electrons. The third-order valence-corrected chi connectivity index (χ3v) is 3.56. The highest BCUT2D eigenvalue weighted by molar-refractivity contribution is 5.18. The van der Waals surface area contributed by atoms with Gasteiger partial charge in [0.1, 0.15) is 0 Å². The highest BCUT2D eigenvalue weighted by Gasteiger charge is 2.25. The van der Waals surface area contributed by atoms with Gasteiger partial charge in [-0.2, -0.15) is 0 Å². The summed E-state index contributed by atoms with van der Waals surface area (Å²) in [4.78, 5) is 0. The van der Waals surface area contributed by atoms with Crippen molar-refractivity contribution in [2.45, 2.75) is 45.8 Å². The Morgan fingerprint density at radius 1 is 1.24 bits per heavy atom. The molecule has 0 aliphatic heterocycles. The van der Waals surface area contributed by atoms with Gasteiger partial charge in [0.15, 0.2) is 0 Å². The Bertz CT molecular complexity index is 319. The lowest BCUT2D eigenvalue weighted by Crippen LogP contribution is -2.43. The topological polar surface area (TPSA) is 32.3 Å². The highest BCUT2D eigenvalue weighted by atomic mass is 16.3. The van der Waals surface area contributed by atoms with Gasteiger partial charge in [-0.1, -0.05) is 51.1 Å². The van der Waals surface area contributed by atoms with Crippen molar-refractivity contribution in [2.75, 3.05) is 6.54 Å². The first-order valence-electron chi connectivity index (χ1n) is 6.48. The molecule has 0 saturated carbocycles. The van der Waals surface area contributed by atoms with Crippen LogP contribution in [-0.4, -0.2) is 17.3 Å². The molecule has 0 heterocycles. The molecule has 0 aliphatic carbocycles. The number of rotatable bonds is 6. The summed E-state index contributed by atoms with van der Waals surface area (Å²) in [6.45, 7) is 8.77. The Morgan fingerprint density at radius 3 is 2.29 bits per heavy atom. The van der Waals surface area contributed by atoms with Crippen molar-refractivity contribution in [1.29, 1.82) is 0 Å². The largest absolute Gasteiger partial charge is 0.389 e. The minimum absolute atomic E-state index is 0.253. The van der Waals surface area contributed by atoms with E-state index in [1.165, 1.54) is 5.56 Å². The molecule has 1 aromatic rings. The fourth-order valence-corrected chi connectivity index (χ4v) is 1.72. The van der Waals surface area contributed by atoms with Gasteiger partial charge in [-0.3, -0.25) is 0 Å². The van der Waals surface area contributed by atoms with Crippen LogP contribution in [0.3, 0.4) is 0 Å². The van der Waals surface area contributed by atoms with E-state index < -0.39 is 5.60 Å². The van der Waals surface area contributed by atoms with Crippen molar-refractivity contribution in [2.24, 2.45) is 5.92 Å². The zero-order valence-corrected chi connectivity index (χ0v) is 11.4. The first-order chi connectivity index (χ1) is 7.97. The monoisotopic (exact) mass is 235 g/mol. The molecule has 2 heteroatoms. The minimum atomic E-state index is -0.651. The minimum Gasteiger partial charge on any atom is -0.389 e. The molecule has 0 aromatic heterocycles. The summed E-state index contributed by atoms with van der Waals surface area (Å²) in [5.41, 5.74) is 0.636. The second-order valence-electron chi connectivity index (χ2n) is 5.26. The Kier molecular flexibility index (Phi) is 5.16. The van der Waals surface area contributed by atoms with Crippen molar-refractivity contribution in [1.82, 2.24) is 5.32 Å². The van der Waals surface area contributed by atoms with E-state index in [4.69, 9.17) is 0 Å². The highest BCUT2D eigenvalue weighted by Crippen LogP contribution is 2.19. The zero-order valence-electron chi connectivity index (χ0n) is 11.4. The Morgan fingerprint density at radius 2 is 1.82 bits per heavy atom. The smallest absolute Gasteiger partial charge is 0.0766 e.